The molecule has 3 heteroatoms. The van der Waals surface area contributed by atoms with E-state index in [4.69, 9.17) is 10.00 Å². The molecule has 0 atom stereocenters. The van der Waals surface area contributed by atoms with E-state index >= 15 is 0 Å². The van der Waals surface area contributed by atoms with Crippen LogP contribution in [-0.4, -0.2) is 26.2 Å². The summed E-state index contributed by atoms with van der Waals surface area (Å²) in [6.45, 7) is 7.11. The second-order valence-corrected chi connectivity index (χ2v) is 5.87. The molecule has 1 aromatic rings. The van der Waals surface area contributed by atoms with E-state index in [0.29, 0.717) is 5.56 Å². The third kappa shape index (κ3) is 4.86. The standard InChI is InChI=1S/C17H24N2O/c1-15-8-11-19(12-9-15)10-2-3-13-20-17-6-4-16(14-18)5-7-17/h4-7,15H,2-3,8-13H2,1H3/p+1. The molecule has 0 aliphatic carbocycles. The van der Waals surface area contributed by atoms with Crippen LogP contribution in [0.25, 0.3) is 0 Å². The lowest BCUT2D eigenvalue weighted by Gasteiger charge is -2.27. The lowest BCUT2D eigenvalue weighted by molar-refractivity contribution is -0.906. The Kier molecular flexibility index (Phi) is 5.88. The SMILES string of the molecule is CC1CC[NH+](CCCCOc2ccc(C#N)cc2)CC1. The summed E-state index contributed by atoms with van der Waals surface area (Å²) >= 11 is 0. The molecule has 1 aromatic carbocycles. The van der Waals surface area contributed by atoms with Gasteiger partial charge in [0.15, 0.2) is 0 Å². The number of hydrogen-bond donors (Lipinski definition) is 1. The Balaban J connectivity index is 1.56. The van der Waals surface area contributed by atoms with Crippen molar-refractivity contribution in [1.82, 2.24) is 0 Å². The zero-order valence-corrected chi connectivity index (χ0v) is 12.4. The summed E-state index contributed by atoms with van der Waals surface area (Å²) in [5, 5.41) is 8.72. The minimum Gasteiger partial charge on any atom is -0.494 e. The molecule has 0 radical (unpaired) electrons. The Morgan fingerprint density at radius 1 is 1.20 bits per heavy atom. The number of rotatable bonds is 6. The molecule has 3 nitrogen and oxygen atoms in total. The van der Waals surface area contributed by atoms with Gasteiger partial charge in [0.1, 0.15) is 5.75 Å². The van der Waals surface area contributed by atoms with Crippen molar-refractivity contribution in [3.05, 3.63) is 29.8 Å². The van der Waals surface area contributed by atoms with Crippen molar-refractivity contribution in [3.63, 3.8) is 0 Å². The summed E-state index contributed by atoms with van der Waals surface area (Å²) in [6.07, 6.45) is 5.12. The number of quaternary nitrogens is 1. The van der Waals surface area contributed by atoms with Crippen LogP contribution in [0.2, 0.25) is 0 Å². The molecule has 1 fully saturated rings. The average molecular weight is 273 g/mol. The van der Waals surface area contributed by atoms with Gasteiger partial charge in [0, 0.05) is 0 Å². The van der Waals surface area contributed by atoms with Crippen molar-refractivity contribution in [3.8, 4) is 11.8 Å². The number of unbranched alkanes of at least 4 members (excludes halogenated alkanes) is 1. The van der Waals surface area contributed by atoms with Crippen LogP contribution in [0.5, 0.6) is 5.75 Å². The lowest BCUT2D eigenvalue weighted by atomic mass is 9.99. The van der Waals surface area contributed by atoms with Gasteiger partial charge in [-0.05, 0) is 55.9 Å². The van der Waals surface area contributed by atoms with Crippen molar-refractivity contribution in [2.75, 3.05) is 26.2 Å². The summed E-state index contributed by atoms with van der Waals surface area (Å²) in [6, 6.07) is 9.45. The molecule has 1 heterocycles. The fourth-order valence-corrected chi connectivity index (χ4v) is 2.71. The third-order valence-corrected chi connectivity index (χ3v) is 4.16. The van der Waals surface area contributed by atoms with Gasteiger partial charge in [-0.3, -0.25) is 0 Å². The van der Waals surface area contributed by atoms with Gasteiger partial charge in [-0.2, -0.15) is 5.26 Å². The van der Waals surface area contributed by atoms with E-state index in [1.807, 2.05) is 12.1 Å². The average Bonchev–Trinajstić information content (AvgIpc) is 2.49. The molecule has 108 valence electrons. The summed E-state index contributed by atoms with van der Waals surface area (Å²) in [5.74, 6) is 1.79. The van der Waals surface area contributed by atoms with E-state index in [2.05, 4.69) is 13.0 Å². The molecule has 0 saturated carbocycles. The van der Waals surface area contributed by atoms with Crippen LogP contribution in [0.4, 0.5) is 0 Å². The smallest absolute Gasteiger partial charge is 0.119 e. The topological polar surface area (TPSA) is 37.5 Å². The monoisotopic (exact) mass is 273 g/mol. The molecule has 0 bridgehead atoms. The highest BCUT2D eigenvalue weighted by Gasteiger charge is 2.17. The van der Waals surface area contributed by atoms with Gasteiger partial charge in [-0.25, -0.2) is 0 Å². The van der Waals surface area contributed by atoms with Crippen molar-refractivity contribution in [2.45, 2.75) is 32.6 Å². The normalized spacial score (nSPS) is 22.2. The first-order valence-electron chi connectivity index (χ1n) is 7.74. The van der Waals surface area contributed by atoms with Gasteiger partial charge >= 0.3 is 0 Å². The lowest BCUT2D eigenvalue weighted by Crippen LogP contribution is -3.13. The number of likely N-dealkylation sites (tertiary alicyclic amines) is 1. The number of nitrogens with zero attached hydrogens (tertiary/aromatic N) is 1. The van der Waals surface area contributed by atoms with Gasteiger partial charge in [-0.15, -0.1) is 0 Å². The van der Waals surface area contributed by atoms with Crippen LogP contribution in [0.3, 0.4) is 0 Å². The maximum atomic E-state index is 8.72. The van der Waals surface area contributed by atoms with Gasteiger partial charge in [0.2, 0.25) is 0 Å². The number of ether oxygens (including phenoxy) is 1. The Hall–Kier alpha value is -1.53. The molecule has 0 spiro atoms. The second-order valence-electron chi connectivity index (χ2n) is 5.87. The number of benzene rings is 1. The highest BCUT2D eigenvalue weighted by Crippen LogP contribution is 2.12. The van der Waals surface area contributed by atoms with E-state index in [-0.39, 0.29) is 0 Å². The number of nitriles is 1. The zero-order valence-electron chi connectivity index (χ0n) is 12.4. The maximum Gasteiger partial charge on any atom is 0.119 e. The highest BCUT2D eigenvalue weighted by molar-refractivity contribution is 5.34. The molecule has 0 amide bonds. The molecule has 0 unspecified atom stereocenters. The molecule has 0 aromatic heterocycles. The summed E-state index contributed by atoms with van der Waals surface area (Å²) in [5.41, 5.74) is 0.681. The second kappa shape index (κ2) is 7.91. The molecule has 1 saturated heterocycles. The van der Waals surface area contributed by atoms with Crippen molar-refractivity contribution in [2.24, 2.45) is 5.92 Å². The van der Waals surface area contributed by atoms with Crippen molar-refractivity contribution < 1.29 is 9.64 Å². The molecular weight excluding hydrogens is 248 g/mol. The fourth-order valence-electron chi connectivity index (χ4n) is 2.71. The van der Waals surface area contributed by atoms with Crippen LogP contribution in [0.1, 0.15) is 38.2 Å². The van der Waals surface area contributed by atoms with Crippen LogP contribution in [0.15, 0.2) is 24.3 Å². The first kappa shape index (κ1) is 14.9. The summed E-state index contributed by atoms with van der Waals surface area (Å²) in [4.78, 5) is 1.77. The first-order valence-corrected chi connectivity index (χ1v) is 7.74. The quantitative estimate of drug-likeness (QED) is 0.805. The zero-order chi connectivity index (χ0) is 14.2. The highest BCUT2D eigenvalue weighted by atomic mass is 16.5. The molecule has 1 aliphatic rings. The minimum atomic E-state index is 0.681. The number of hydrogen-bond acceptors (Lipinski definition) is 2. The van der Waals surface area contributed by atoms with E-state index in [9.17, 15) is 0 Å². The van der Waals surface area contributed by atoms with E-state index in [1.54, 1.807) is 17.0 Å². The Morgan fingerprint density at radius 2 is 1.90 bits per heavy atom. The Bertz CT molecular complexity index is 427. The predicted octanol–water partition coefficient (Wildman–Crippen LogP) is 2.03. The van der Waals surface area contributed by atoms with Gasteiger partial charge in [0.25, 0.3) is 0 Å². The molecule has 2 rings (SSSR count). The molecular formula is C17H25N2O+. The fraction of sp³-hybridized carbons (Fsp3) is 0.588. The van der Waals surface area contributed by atoms with Gasteiger partial charge in [-0.1, -0.05) is 6.92 Å². The third-order valence-electron chi connectivity index (χ3n) is 4.16. The predicted molar refractivity (Wildman–Crippen MR) is 79.8 cm³/mol. The first-order chi connectivity index (χ1) is 9.78. The van der Waals surface area contributed by atoms with Crippen LogP contribution >= 0.6 is 0 Å². The largest absolute Gasteiger partial charge is 0.494 e. The van der Waals surface area contributed by atoms with Gasteiger partial charge < -0.3 is 9.64 Å². The Labute approximate surface area is 122 Å². The Morgan fingerprint density at radius 3 is 2.55 bits per heavy atom. The molecule has 20 heavy (non-hydrogen) atoms. The van der Waals surface area contributed by atoms with E-state index in [0.717, 1.165) is 24.7 Å². The van der Waals surface area contributed by atoms with Crippen LogP contribution in [0, 0.1) is 17.2 Å². The summed E-state index contributed by atoms with van der Waals surface area (Å²) < 4.78 is 5.69. The van der Waals surface area contributed by atoms with E-state index in [1.165, 1.54) is 38.9 Å². The van der Waals surface area contributed by atoms with Crippen LogP contribution in [-0.2, 0) is 0 Å². The maximum absolute atomic E-state index is 8.72. The molecule has 1 N–H and O–H groups in total. The molecule has 1 aliphatic heterocycles. The van der Waals surface area contributed by atoms with Crippen molar-refractivity contribution in [1.29, 1.82) is 5.26 Å². The summed E-state index contributed by atoms with van der Waals surface area (Å²) in [7, 11) is 0. The van der Waals surface area contributed by atoms with E-state index < -0.39 is 0 Å². The van der Waals surface area contributed by atoms with Crippen molar-refractivity contribution >= 4 is 0 Å². The number of piperidine rings is 1. The van der Waals surface area contributed by atoms with Crippen LogP contribution < -0.4 is 9.64 Å². The minimum absolute atomic E-state index is 0.681. The number of nitrogens with one attached hydrogen (secondary N) is 1. The van der Waals surface area contributed by atoms with Gasteiger partial charge in [0.05, 0.1) is 37.9 Å².